The zero-order valence-corrected chi connectivity index (χ0v) is 19.0. The van der Waals surface area contributed by atoms with Crippen LogP contribution < -0.4 is 10.0 Å². The van der Waals surface area contributed by atoms with Crippen LogP contribution in [0.1, 0.15) is 23.2 Å². The van der Waals surface area contributed by atoms with Gasteiger partial charge in [-0.2, -0.15) is 4.72 Å². The quantitative estimate of drug-likeness (QED) is 0.376. The van der Waals surface area contributed by atoms with Crippen molar-refractivity contribution in [3.05, 3.63) is 83.6 Å². The van der Waals surface area contributed by atoms with E-state index in [2.05, 4.69) is 15.0 Å². The van der Waals surface area contributed by atoms with Crippen molar-refractivity contribution in [1.82, 2.24) is 15.0 Å². The number of amides is 1. The van der Waals surface area contributed by atoms with Crippen molar-refractivity contribution in [1.29, 1.82) is 0 Å². The number of carbonyl (C=O) groups excluding carboxylic acids is 1. The number of carboxylic acids is 1. The summed E-state index contributed by atoms with van der Waals surface area (Å²) in [6.07, 6.45) is 3.24. The zero-order chi connectivity index (χ0) is 23.8. The number of aliphatic carboxylic acids is 1. The molecule has 1 heterocycles. The fourth-order valence-electron chi connectivity index (χ4n) is 3.06. The molecule has 1 atom stereocenters. The molecule has 0 fully saturated rings. The van der Waals surface area contributed by atoms with Gasteiger partial charge in [0.2, 0.25) is 10.0 Å². The lowest BCUT2D eigenvalue weighted by Crippen LogP contribution is -2.41. The van der Waals surface area contributed by atoms with E-state index in [0.29, 0.717) is 10.6 Å². The standard InChI is InChI=1S/C23H22ClN3O5S/c24-19-9-5-16(6-10-19)17-7-11-20(12-8-17)33(31,32)27-21(23(29)30)4-2-14-26-22(28)18-3-1-13-25-15-18/h1,3,5-13,15,21,27H,2,4,14H2,(H,26,28)(H,29,30). The first kappa shape index (κ1) is 24.4. The third kappa shape index (κ3) is 6.85. The van der Waals surface area contributed by atoms with Crippen LogP contribution in [0.25, 0.3) is 11.1 Å². The molecule has 172 valence electrons. The van der Waals surface area contributed by atoms with Gasteiger partial charge in [0.05, 0.1) is 10.5 Å². The molecule has 0 radical (unpaired) electrons. The SMILES string of the molecule is O=C(NCCCC(NS(=O)(=O)c1ccc(-c2ccc(Cl)cc2)cc1)C(=O)O)c1cccnc1. The third-order valence-electron chi connectivity index (χ3n) is 4.82. The molecule has 0 aliphatic carbocycles. The Labute approximate surface area is 196 Å². The second kappa shape index (κ2) is 11.0. The smallest absolute Gasteiger partial charge is 0.321 e. The predicted molar refractivity (Wildman–Crippen MR) is 124 cm³/mol. The summed E-state index contributed by atoms with van der Waals surface area (Å²) in [6.45, 7) is 0.190. The topological polar surface area (TPSA) is 125 Å². The minimum Gasteiger partial charge on any atom is -0.480 e. The average Bonchev–Trinajstić information content (AvgIpc) is 2.82. The average molecular weight is 488 g/mol. The van der Waals surface area contributed by atoms with Crippen molar-refractivity contribution in [3.63, 3.8) is 0 Å². The van der Waals surface area contributed by atoms with E-state index in [9.17, 15) is 23.1 Å². The Morgan fingerprint density at radius 2 is 1.64 bits per heavy atom. The maximum atomic E-state index is 12.7. The van der Waals surface area contributed by atoms with Crippen LogP contribution in [0.2, 0.25) is 5.02 Å². The lowest BCUT2D eigenvalue weighted by Gasteiger charge is -2.15. The number of nitrogens with one attached hydrogen (secondary N) is 2. The molecular formula is C23H22ClN3O5S. The first-order chi connectivity index (χ1) is 15.8. The molecule has 0 saturated heterocycles. The van der Waals surface area contributed by atoms with Crippen LogP contribution in [-0.2, 0) is 14.8 Å². The van der Waals surface area contributed by atoms with Crippen molar-refractivity contribution < 1.29 is 23.1 Å². The lowest BCUT2D eigenvalue weighted by atomic mass is 10.1. The Bertz CT molecular complexity index is 1200. The molecule has 1 amide bonds. The monoisotopic (exact) mass is 487 g/mol. The minimum atomic E-state index is -4.05. The van der Waals surface area contributed by atoms with Gasteiger partial charge in [0.15, 0.2) is 0 Å². The molecule has 0 aliphatic rings. The second-order valence-corrected chi connectivity index (χ2v) is 9.33. The normalized spacial score (nSPS) is 12.2. The summed E-state index contributed by atoms with van der Waals surface area (Å²) >= 11 is 5.89. The molecule has 0 spiro atoms. The van der Waals surface area contributed by atoms with E-state index in [1.165, 1.54) is 18.3 Å². The number of carbonyl (C=O) groups is 2. The molecule has 1 unspecified atom stereocenters. The number of aromatic nitrogens is 1. The van der Waals surface area contributed by atoms with E-state index >= 15 is 0 Å². The van der Waals surface area contributed by atoms with Crippen LogP contribution in [0, 0.1) is 0 Å². The number of pyridine rings is 1. The van der Waals surface area contributed by atoms with Crippen molar-refractivity contribution in [3.8, 4) is 11.1 Å². The molecule has 2 aromatic carbocycles. The van der Waals surface area contributed by atoms with Crippen molar-refractivity contribution in [2.75, 3.05) is 6.54 Å². The maximum absolute atomic E-state index is 12.7. The highest BCUT2D eigenvalue weighted by Crippen LogP contribution is 2.23. The molecule has 1 aromatic heterocycles. The van der Waals surface area contributed by atoms with E-state index in [4.69, 9.17) is 11.6 Å². The van der Waals surface area contributed by atoms with Gasteiger partial charge >= 0.3 is 5.97 Å². The number of hydrogen-bond donors (Lipinski definition) is 3. The number of hydrogen-bond acceptors (Lipinski definition) is 5. The fourth-order valence-corrected chi connectivity index (χ4v) is 4.41. The largest absolute Gasteiger partial charge is 0.480 e. The van der Waals surface area contributed by atoms with Crippen molar-refractivity contribution in [2.45, 2.75) is 23.8 Å². The van der Waals surface area contributed by atoms with Crippen molar-refractivity contribution in [2.24, 2.45) is 0 Å². The molecule has 0 saturated carbocycles. The first-order valence-electron chi connectivity index (χ1n) is 10.1. The van der Waals surface area contributed by atoms with Crippen LogP contribution in [0.5, 0.6) is 0 Å². The number of carboxylic acid groups (broad SMARTS) is 1. The second-order valence-electron chi connectivity index (χ2n) is 7.18. The summed E-state index contributed by atoms with van der Waals surface area (Å²) in [7, 11) is -4.05. The molecule has 0 bridgehead atoms. The molecule has 3 aromatic rings. The molecule has 0 aliphatic heterocycles. The Morgan fingerprint density at radius 3 is 2.21 bits per heavy atom. The van der Waals surface area contributed by atoms with Gasteiger partial charge in [-0.05, 0) is 60.4 Å². The number of nitrogens with zero attached hydrogens (tertiary/aromatic N) is 1. The Kier molecular flexibility index (Phi) is 8.16. The Balaban J connectivity index is 1.58. The highest BCUT2D eigenvalue weighted by atomic mass is 35.5. The van der Waals surface area contributed by atoms with E-state index in [1.807, 2.05) is 12.1 Å². The minimum absolute atomic E-state index is 0.00470. The van der Waals surface area contributed by atoms with Gasteiger partial charge in [-0.15, -0.1) is 0 Å². The molecule has 10 heteroatoms. The Hall–Kier alpha value is -3.27. The van der Waals surface area contributed by atoms with Gasteiger partial charge in [-0.25, -0.2) is 8.42 Å². The first-order valence-corrected chi connectivity index (χ1v) is 11.9. The van der Waals surface area contributed by atoms with Crippen LogP contribution in [-0.4, -0.2) is 43.0 Å². The Morgan fingerprint density at radius 1 is 1.00 bits per heavy atom. The molecule has 33 heavy (non-hydrogen) atoms. The van der Waals surface area contributed by atoms with Gasteiger partial charge in [-0.3, -0.25) is 14.6 Å². The maximum Gasteiger partial charge on any atom is 0.321 e. The highest BCUT2D eigenvalue weighted by Gasteiger charge is 2.25. The predicted octanol–water partition coefficient (Wildman–Crippen LogP) is 3.34. The number of benzene rings is 2. The van der Waals surface area contributed by atoms with Gasteiger partial charge in [-0.1, -0.05) is 35.9 Å². The van der Waals surface area contributed by atoms with Crippen LogP contribution in [0.15, 0.2) is 78.0 Å². The number of halogens is 1. The van der Waals surface area contributed by atoms with Gasteiger partial charge in [0, 0.05) is 24.0 Å². The summed E-state index contributed by atoms with van der Waals surface area (Å²) in [5.41, 5.74) is 2.05. The van der Waals surface area contributed by atoms with Crippen LogP contribution in [0.4, 0.5) is 0 Å². The van der Waals surface area contributed by atoms with Crippen LogP contribution in [0.3, 0.4) is 0 Å². The number of rotatable bonds is 10. The summed E-state index contributed by atoms with van der Waals surface area (Å²) in [6, 6.07) is 15.1. The van der Waals surface area contributed by atoms with E-state index in [0.717, 1.165) is 11.1 Å². The summed E-state index contributed by atoms with van der Waals surface area (Å²) in [4.78, 5) is 27.4. The molecule has 3 rings (SSSR count). The van der Waals surface area contributed by atoms with E-state index < -0.39 is 22.0 Å². The fraction of sp³-hybridized carbons (Fsp3) is 0.174. The molecule has 3 N–H and O–H groups in total. The van der Waals surface area contributed by atoms with Gasteiger partial charge in [0.1, 0.15) is 6.04 Å². The summed E-state index contributed by atoms with van der Waals surface area (Å²) in [5, 5.41) is 12.7. The summed E-state index contributed by atoms with van der Waals surface area (Å²) < 4.78 is 27.6. The highest BCUT2D eigenvalue weighted by molar-refractivity contribution is 7.89. The number of sulfonamides is 1. The van der Waals surface area contributed by atoms with E-state index in [1.54, 1.807) is 42.6 Å². The van der Waals surface area contributed by atoms with E-state index in [-0.39, 0.29) is 30.2 Å². The molecule has 8 nitrogen and oxygen atoms in total. The van der Waals surface area contributed by atoms with Gasteiger partial charge in [0.25, 0.3) is 5.91 Å². The molecular weight excluding hydrogens is 466 g/mol. The van der Waals surface area contributed by atoms with Gasteiger partial charge < -0.3 is 10.4 Å². The third-order valence-corrected chi connectivity index (χ3v) is 6.56. The zero-order valence-electron chi connectivity index (χ0n) is 17.4. The van der Waals surface area contributed by atoms with Crippen molar-refractivity contribution >= 4 is 33.5 Å². The summed E-state index contributed by atoms with van der Waals surface area (Å²) in [5.74, 6) is -1.63. The lowest BCUT2D eigenvalue weighted by molar-refractivity contribution is -0.139. The van der Waals surface area contributed by atoms with Crippen LogP contribution >= 0.6 is 11.6 Å².